The van der Waals surface area contributed by atoms with Gasteiger partial charge in [-0.15, -0.1) is 10.2 Å². The lowest BCUT2D eigenvalue weighted by molar-refractivity contribution is -0.130. The number of methoxy groups -OCH3 is 1. The van der Waals surface area contributed by atoms with Crippen molar-refractivity contribution in [1.29, 1.82) is 0 Å². The third-order valence-corrected chi connectivity index (χ3v) is 6.50. The van der Waals surface area contributed by atoms with Gasteiger partial charge in [0, 0.05) is 45.2 Å². The van der Waals surface area contributed by atoms with E-state index in [0.29, 0.717) is 12.3 Å². The van der Waals surface area contributed by atoms with Crippen LogP contribution in [0.4, 0.5) is 0 Å². The summed E-state index contributed by atoms with van der Waals surface area (Å²) in [5, 5.41) is 8.25. The molecule has 30 heavy (non-hydrogen) atoms. The Bertz CT molecular complexity index is 880. The number of hydrogen-bond donors (Lipinski definition) is 0. The molecule has 0 bridgehead atoms. The average Bonchev–Trinajstić information content (AvgIpc) is 3.34. The summed E-state index contributed by atoms with van der Waals surface area (Å²) in [6.07, 6.45) is 2.19. The normalized spacial score (nSPS) is 23.9. The Morgan fingerprint density at radius 2 is 2.00 bits per heavy atom. The van der Waals surface area contributed by atoms with Gasteiger partial charge in [-0.05, 0) is 37.7 Å². The van der Waals surface area contributed by atoms with Crippen molar-refractivity contribution in [2.24, 2.45) is 18.4 Å². The molecule has 2 atom stereocenters. The molecule has 8 heteroatoms. The quantitative estimate of drug-likeness (QED) is 0.673. The van der Waals surface area contributed by atoms with E-state index in [2.05, 4.69) is 39.0 Å². The smallest absolute Gasteiger partial charge is 0.227 e. The molecule has 1 aromatic heterocycles. The third-order valence-electron chi connectivity index (χ3n) is 6.50. The molecule has 2 aliphatic heterocycles. The van der Waals surface area contributed by atoms with Gasteiger partial charge >= 0.3 is 0 Å². The van der Waals surface area contributed by atoms with Crippen LogP contribution in [0.15, 0.2) is 30.6 Å². The van der Waals surface area contributed by atoms with Crippen LogP contribution in [0.3, 0.4) is 0 Å². The number of aryl methyl sites for hydroxylation is 1. The van der Waals surface area contributed by atoms with E-state index in [1.165, 1.54) is 0 Å². The second kappa shape index (κ2) is 8.35. The second-order valence-corrected chi connectivity index (χ2v) is 9.12. The highest BCUT2D eigenvalue weighted by molar-refractivity contribution is 5.79. The zero-order valence-corrected chi connectivity index (χ0v) is 18.4. The van der Waals surface area contributed by atoms with E-state index in [-0.39, 0.29) is 11.3 Å². The van der Waals surface area contributed by atoms with E-state index in [1.54, 1.807) is 13.4 Å². The molecule has 3 heterocycles. The van der Waals surface area contributed by atoms with Crippen LogP contribution in [0, 0.1) is 11.3 Å². The molecule has 2 fully saturated rings. The SMILES string of the molecule is COc1ccc(CC(=O)N2C[C@@H]3CN(Cc4nncn4C)C[C@]3(CN(C)C)C2)cc1. The number of nitrogens with zero attached hydrogens (tertiary/aromatic N) is 6. The molecule has 2 aromatic rings. The largest absolute Gasteiger partial charge is 0.497 e. The Kier molecular flexibility index (Phi) is 5.79. The number of fused-ring (bicyclic) bond motifs is 1. The maximum absolute atomic E-state index is 13.1. The maximum Gasteiger partial charge on any atom is 0.227 e. The summed E-state index contributed by atoms with van der Waals surface area (Å²) in [6.45, 7) is 5.42. The summed E-state index contributed by atoms with van der Waals surface area (Å²) < 4.78 is 7.20. The van der Waals surface area contributed by atoms with Crippen LogP contribution >= 0.6 is 0 Å². The summed E-state index contributed by atoms with van der Waals surface area (Å²) in [6, 6.07) is 7.79. The number of benzene rings is 1. The zero-order valence-electron chi connectivity index (χ0n) is 18.4. The number of carbonyl (C=O) groups excluding carboxylic acids is 1. The van der Waals surface area contributed by atoms with Gasteiger partial charge in [-0.1, -0.05) is 12.1 Å². The van der Waals surface area contributed by atoms with E-state index in [9.17, 15) is 4.79 Å². The summed E-state index contributed by atoms with van der Waals surface area (Å²) in [5.74, 6) is 2.50. The molecule has 2 saturated heterocycles. The van der Waals surface area contributed by atoms with Crippen molar-refractivity contribution in [3.05, 3.63) is 42.0 Å². The van der Waals surface area contributed by atoms with Crippen molar-refractivity contribution in [3.63, 3.8) is 0 Å². The number of aromatic nitrogens is 3. The molecule has 0 aliphatic carbocycles. The summed E-state index contributed by atoms with van der Waals surface area (Å²) >= 11 is 0. The fourth-order valence-corrected chi connectivity index (χ4v) is 5.13. The van der Waals surface area contributed by atoms with Crippen LogP contribution in [0.1, 0.15) is 11.4 Å². The molecular weight excluding hydrogens is 380 g/mol. The lowest BCUT2D eigenvalue weighted by Crippen LogP contribution is -2.43. The maximum atomic E-state index is 13.1. The third kappa shape index (κ3) is 4.20. The average molecular weight is 413 g/mol. The molecule has 1 aromatic carbocycles. The number of amides is 1. The molecule has 0 unspecified atom stereocenters. The van der Waals surface area contributed by atoms with Gasteiger partial charge in [0.15, 0.2) is 0 Å². The predicted octanol–water partition coefficient (Wildman–Crippen LogP) is 0.888. The lowest BCUT2D eigenvalue weighted by atomic mass is 9.80. The Morgan fingerprint density at radius 1 is 1.23 bits per heavy atom. The van der Waals surface area contributed by atoms with Crippen LogP contribution < -0.4 is 4.74 Å². The van der Waals surface area contributed by atoms with Crippen LogP contribution in [-0.4, -0.2) is 89.3 Å². The van der Waals surface area contributed by atoms with Gasteiger partial charge in [-0.2, -0.15) is 0 Å². The van der Waals surface area contributed by atoms with Crippen LogP contribution in [0.2, 0.25) is 0 Å². The van der Waals surface area contributed by atoms with Crippen molar-refractivity contribution < 1.29 is 9.53 Å². The van der Waals surface area contributed by atoms with Crippen molar-refractivity contribution in [3.8, 4) is 5.75 Å². The number of rotatable bonds is 7. The van der Waals surface area contributed by atoms with Gasteiger partial charge in [-0.25, -0.2) is 0 Å². The van der Waals surface area contributed by atoms with Crippen LogP contribution in [0.25, 0.3) is 0 Å². The van der Waals surface area contributed by atoms with Crippen molar-refractivity contribution in [1.82, 2.24) is 29.5 Å². The lowest BCUT2D eigenvalue weighted by Gasteiger charge is -2.32. The van der Waals surface area contributed by atoms with Gasteiger partial charge in [0.25, 0.3) is 0 Å². The summed E-state index contributed by atoms with van der Waals surface area (Å²) in [4.78, 5) is 19.9. The van der Waals surface area contributed by atoms with Crippen molar-refractivity contribution >= 4 is 5.91 Å². The second-order valence-electron chi connectivity index (χ2n) is 9.12. The Hall–Kier alpha value is -2.45. The minimum atomic E-state index is 0.109. The topological polar surface area (TPSA) is 66.7 Å². The van der Waals surface area contributed by atoms with E-state index >= 15 is 0 Å². The molecule has 162 valence electrons. The highest BCUT2D eigenvalue weighted by Gasteiger charge is 2.53. The minimum Gasteiger partial charge on any atom is -0.497 e. The Labute approximate surface area is 178 Å². The summed E-state index contributed by atoms with van der Waals surface area (Å²) in [5.41, 5.74) is 1.14. The minimum absolute atomic E-state index is 0.109. The Balaban J connectivity index is 1.43. The number of carbonyl (C=O) groups is 1. The first-order valence-corrected chi connectivity index (χ1v) is 10.5. The van der Waals surface area contributed by atoms with Gasteiger partial charge in [0.05, 0.1) is 20.1 Å². The number of hydrogen-bond acceptors (Lipinski definition) is 6. The summed E-state index contributed by atoms with van der Waals surface area (Å²) in [7, 11) is 7.89. The van der Waals surface area contributed by atoms with E-state index in [0.717, 1.165) is 56.4 Å². The van der Waals surface area contributed by atoms with E-state index in [4.69, 9.17) is 4.74 Å². The monoisotopic (exact) mass is 412 g/mol. The van der Waals surface area contributed by atoms with Gasteiger partial charge in [-0.3, -0.25) is 9.69 Å². The molecule has 0 N–H and O–H groups in total. The predicted molar refractivity (Wildman–Crippen MR) is 114 cm³/mol. The number of ether oxygens (including phenoxy) is 1. The highest BCUT2D eigenvalue weighted by atomic mass is 16.5. The molecule has 0 saturated carbocycles. The van der Waals surface area contributed by atoms with Gasteiger partial charge in [0.1, 0.15) is 17.9 Å². The first-order valence-electron chi connectivity index (χ1n) is 10.5. The molecule has 4 rings (SSSR count). The van der Waals surface area contributed by atoms with Crippen molar-refractivity contribution in [2.75, 3.05) is 53.9 Å². The zero-order chi connectivity index (χ0) is 21.3. The van der Waals surface area contributed by atoms with Crippen LogP contribution in [0.5, 0.6) is 5.75 Å². The highest BCUT2D eigenvalue weighted by Crippen LogP contribution is 2.43. The fourth-order valence-electron chi connectivity index (χ4n) is 5.13. The Morgan fingerprint density at radius 3 is 2.63 bits per heavy atom. The first-order chi connectivity index (χ1) is 14.4. The fraction of sp³-hybridized carbons (Fsp3) is 0.591. The van der Waals surface area contributed by atoms with Gasteiger partial charge < -0.3 is 19.1 Å². The molecule has 2 aliphatic rings. The first kappa shape index (κ1) is 20.8. The van der Waals surface area contributed by atoms with E-state index < -0.39 is 0 Å². The van der Waals surface area contributed by atoms with Gasteiger partial charge in [0.2, 0.25) is 5.91 Å². The number of likely N-dealkylation sites (tertiary alicyclic amines) is 2. The molecule has 0 radical (unpaired) electrons. The molecule has 0 spiro atoms. The van der Waals surface area contributed by atoms with E-state index in [1.807, 2.05) is 35.9 Å². The van der Waals surface area contributed by atoms with Crippen molar-refractivity contribution in [2.45, 2.75) is 13.0 Å². The molecular formula is C22H32N6O2. The molecule has 8 nitrogen and oxygen atoms in total. The molecule has 1 amide bonds. The standard InChI is InChI=1S/C22H32N6O2/c1-25(2)13-22-14-27(12-20-24-23-16-26(20)3)10-18(22)11-28(15-22)21(29)9-17-5-7-19(30-4)8-6-17/h5-8,16,18H,9-15H2,1-4H3/t18-,22+/m0/s1. The van der Waals surface area contributed by atoms with Crippen LogP contribution in [-0.2, 0) is 24.8 Å².